The number of aromatic nitrogens is 2. The van der Waals surface area contributed by atoms with Gasteiger partial charge in [0.1, 0.15) is 0 Å². The minimum Gasteiger partial charge on any atom is -0.368 e. The van der Waals surface area contributed by atoms with E-state index in [0.717, 1.165) is 22.4 Å². The lowest BCUT2D eigenvalue weighted by Gasteiger charge is -2.33. The van der Waals surface area contributed by atoms with E-state index in [1.165, 1.54) is 6.07 Å². The average molecular weight is 450 g/mol. The van der Waals surface area contributed by atoms with Crippen LogP contribution in [0, 0.1) is 5.82 Å². The molecule has 0 saturated heterocycles. The Morgan fingerprint density at radius 2 is 2.03 bits per heavy atom. The molecule has 2 aromatic rings. The zero-order chi connectivity index (χ0) is 22.3. The normalized spacial score (nSPS) is 19.6. The molecule has 30 heavy (non-hydrogen) atoms. The number of aliphatic hydroxyl groups is 1. The zero-order valence-corrected chi connectivity index (χ0v) is 19.3. The first-order valence-electron chi connectivity index (χ1n) is 9.76. The van der Waals surface area contributed by atoms with E-state index >= 15 is 4.39 Å². The van der Waals surface area contributed by atoms with E-state index in [-0.39, 0.29) is 16.6 Å². The van der Waals surface area contributed by atoms with Gasteiger partial charge in [-0.1, -0.05) is 61.3 Å². The Morgan fingerprint density at radius 1 is 1.37 bits per heavy atom. The summed E-state index contributed by atoms with van der Waals surface area (Å²) in [6.45, 7) is 11.9. The minimum atomic E-state index is -1.12. The van der Waals surface area contributed by atoms with Crippen LogP contribution in [0.25, 0.3) is 0 Å². The Labute approximate surface area is 186 Å². The first kappa shape index (κ1) is 22.6. The summed E-state index contributed by atoms with van der Waals surface area (Å²) in [6.07, 6.45) is 2.46. The fraction of sp³-hybridized carbons (Fsp3) is 0.348. The van der Waals surface area contributed by atoms with Crippen molar-refractivity contribution in [2.75, 3.05) is 4.90 Å². The zero-order valence-electron chi connectivity index (χ0n) is 17.7. The lowest BCUT2D eigenvalue weighted by molar-refractivity contribution is 0.167. The van der Waals surface area contributed by atoms with Crippen molar-refractivity contribution in [3.8, 4) is 0 Å². The fourth-order valence-electron chi connectivity index (χ4n) is 3.94. The standard InChI is InChI=1S/C23H26Cl2FN3O/c1-7-14(24)11-15(12(2)3)21-18-20(13(4)5)27-28(6)22(18)23(30)29(21)17-10-8-9-16(25)19(17)26/h7-11,13,21,23,30H,2H2,1,3-6H3/b14-7+,15-11+/t21-,23?/m0/s1. The first-order chi connectivity index (χ1) is 14.1. The molecule has 2 heterocycles. The monoisotopic (exact) mass is 449 g/mol. The number of anilines is 1. The Kier molecular flexibility index (Phi) is 6.46. The van der Waals surface area contributed by atoms with Crippen LogP contribution in [-0.4, -0.2) is 14.9 Å². The lowest BCUT2D eigenvalue weighted by atomic mass is 9.91. The highest BCUT2D eigenvalue weighted by atomic mass is 35.5. The molecule has 0 radical (unpaired) electrons. The van der Waals surface area contributed by atoms with E-state index in [4.69, 9.17) is 23.2 Å². The van der Waals surface area contributed by atoms with Gasteiger partial charge in [0.15, 0.2) is 12.0 Å². The molecule has 0 bridgehead atoms. The molecule has 3 rings (SSSR count). The quantitative estimate of drug-likeness (QED) is 0.527. The number of aryl methyl sites for hydroxylation is 1. The summed E-state index contributed by atoms with van der Waals surface area (Å²) in [4.78, 5) is 1.62. The summed E-state index contributed by atoms with van der Waals surface area (Å²) < 4.78 is 16.8. The van der Waals surface area contributed by atoms with Crippen molar-refractivity contribution in [1.29, 1.82) is 0 Å². The molecular formula is C23H26Cl2FN3O. The summed E-state index contributed by atoms with van der Waals surface area (Å²) >= 11 is 12.4. The van der Waals surface area contributed by atoms with E-state index in [1.54, 1.807) is 34.8 Å². The number of aliphatic hydroxyl groups excluding tert-OH is 1. The second-order valence-electron chi connectivity index (χ2n) is 7.77. The average Bonchev–Trinajstić information content (AvgIpc) is 3.17. The smallest absolute Gasteiger partial charge is 0.171 e. The first-order valence-corrected chi connectivity index (χ1v) is 10.5. The molecule has 1 aromatic heterocycles. The van der Waals surface area contributed by atoms with E-state index in [1.807, 2.05) is 33.8 Å². The maximum Gasteiger partial charge on any atom is 0.171 e. The Balaban J connectivity index is 2.37. The third kappa shape index (κ3) is 3.70. The second kappa shape index (κ2) is 8.58. The molecule has 0 fully saturated rings. The van der Waals surface area contributed by atoms with Crippen molar-refractivity contribution in [2.45, 2.75) is 45.9 Å². The van der Waals surface area contributed by atoms with Gasteiger partial charge in [-0.25, -0.2) is 4.39 Å². The number of rotatable bonds is 5. The molecule has 7 heteroatoms. The molecule has 1 aromatic carbocycles. The fourth-order valence-corrected chi connectivity index (χ4v) is 4.22. The molecule has 0 spiro atoms. The van der Waals surface area contributed by atoms with Crippen LogP contribution in [-0.2, 0) is 7.05 Å². The Hall–Kier alpha value is -2.08. The van der Waals surface area contributed by atoms with Crippen LogP contribution in [0.1, 0.15) is 62.8 Å². The number of hydrogen-bond acceptors (Lipinski definition) is 3. The van der Waals surface area contributed by atoms with Gasteiger partial charge in [0.05, 0.1) is 28.1 Å². The summed E-state index contributed by atoms with van der Waals surface area (Å²) in [5, 5.41) is 16.5. The highest BCUT2D eigenvalue weighted by molar-refractivity contribution is 6.31. The Morgan fingerprint density at radius 3 is 2.60 bits per heavy atom. The minimum absolute atomic E-state index is 0.0102. The van der Waals surface area contributed by atoms with Gasteiger partial charge in [-0.3, -0.25) is 4.68 Å². The number of hydrogen-bond donors (Lipinski definition) is 1. The van der Waals surface area contributed by atoms with Gasteiger partial charge >= 0.3 is 0 Å². The molecule has 160 valence electrons. The maximum atomic E-state index is 15.1. The predicted octanol–water partition coefficient (Wildman–Crippen LogP) is 6.53. The van der Waals surface area contributed by atoms with Crippen molar-refractivity contribution in [3.63, 3.8) is 0 Å². The van der Waals surface area contributed by atoms with Gasteiger partial charge in [-0.15, -0.1) is 0 Å². The maximum absolute atomic E-state index is 15.1. The number of allylic oxidation sites excluding steroid dienone is 3. The van der Waals surface area contributed by atoms with E-state index in [9.17, 15) is 5.11 Å². The van der Waals surface area contributed by atoms with E-state index in [0.29, 0.717) is 10.7 Å². The molecule has 0 saturated carbocycles. The molecule has 1 aliphatic rings. The number of nitrogens with zero attached hydrogens (tertiary/aromatic N) is 3. The molecule has 1 N–H and O–H groups in total. The summed E-state index contributed by atoms with van der Waals surface area (Å²) in [5.41, 5.74) is 4.03. The number of halogens is 3. The van der Waals surface area contributed by atoms with Crippen LogP contribution in [0.5, 0.6) is 0 Å². The van der Waals surface area contributed by atoms with Gasteiger partial charge in [-0.2, -0.15) is 5.10 Å². The SMILES string of the molecule is C=C(C)/C(=C\C(Cl)=C/C)[C@H]1c2c(C(C)C)nn(C)c2C(O)N1c1cccc(Cl)c1F. The van der Waals surface area contributed by atoms with Gasteiger partial charge in [-0.05, 0) is 43.5 Å². The molecule has 0 amide bonds. The largest absolute Gasteiger partial charge is 0.368 e. The van der Waals surface area contributed by atoms with Crippen molar-refractivity contribution in [3.05, 3.63) is 80.9 Å². The van der Waals surface area contributed by atoms with Crippen LogP contribution in [0.2, 0.25) is 5.02 Å². The second-order valence-corrected chi connectivity index (χ2v) is 8.62. The number of fused-ring (bicyclic) bond motifs is 1. The van der Waals surface area contributed by atoms with Gasteiger partial charge in [0.2, 0.25) is 0 Å². The van der Waals surface area contributed by atoms with Crippen LogP contribution in [0.4, 0.5) is 10.1 Å². The summed E-state index contributed by atoms with van der Waals surface area (Å²) in [6, 6.07) is 4.23. The highest BCUT2D eigenvalue weighted by Crippen LogP contribution is 2.51. The summed E-state index contributed by atoms with van der Waals surface area (Å²) in [5.74, 6) is -0.490. The van der Waals surface area contributed by atoms with Crippen LogP contribution in [0.3, 0.4) is 0 Å². The predicted molar refractivity (Wildman–Crippen MR) is 121 cm³/mol. The van der Waals surface area contributed by atoms with Crippen molar-refractivity contribution >= 4 is 28.9 Å². The van der Waals surface area contributed by atoms with Crippen LogP contribution in [0.15, 0.2) is 53.1 Å². The lowest BCUT2D eigenvalue weighted by Crippen LogP contribution is -2.30. The molecule has 2 atom stereocenters. The summed E-state index contributed by atoms with van der Waals surface area (Å²) in [7, 11) is 1.78. The molecular weight excluding hydrogens is 424 g/mol. The molecule has 1 aliphatic heterocycles. The molecule has 0 aliphatic carbocycles. The highest BCUT2D eigenvalue weighted by Gasteiger charge is 2.46. The third-order valence-electron chi connectivity index (χ3n) is 5.33. The van der Waals surface area contributed by atoms with Crippen molar-refractivity contribution < 1.29 is 9.50 Å². The van der Waals surface area contributed by atoms with Crippen molar-refractivity contribution in [2.24, 2.45) is 7.05 Å². The van der Waals surface area contributed by atoms with Gasteiger partial charge in [0, 0.05) is 17.6 Å². The molecule has 1 unspecified atom stereocenters. The van der Waals surface area contributed by atoms with Gasteiger partial charge < -0.3 is 10.0 Å². The topological polar surface area (TPSA) is 41.3 Å². The Bertz CT molecular complexity index is 1050. The number of benzene rings is 1. The van der Waals surface area contributed by atoms with Crippen LogP contribution < -0.4 is 4.90 Å². The van der Waals surface area contributed by atoms with Crippen molar-refractivity contribution in [1.82, 2.24) is 9.78 Å². The molecule has 4 nitrogen and oxygen atoms in total. The third-order valence-corrected chi connectivity index (χ3v) is 5.95. The van der Waals surface area contributed by atoms with Crippen LogP contribution >= 0.6 is 23.2 Å². The van der Waals surface area contributed by atoms with Gasteiger partial charge in [0.25, 0.3) is 0 Å². The van der Waals surface area contributed by atoms with E-state index < -0.39 is 18.1 Å². The van der Waals surface area contributed by atoms with E-state index in [2.05, 4.69) is 11.7 Å².